The number of aliphatic carboxylic acids is 2. The minimum Gasteiger partial charge on any atom is -0.491 e. The molecule has 36 heavy (non-hydrogen) atoms. The lowest BCUT2D eigenvalue weighted by Gasteiger charge is -2.34. The molecule has 0 saturated carbocycles. The molecule has 192 valence electrons. The third kappa shape index (κ3) is 7.26. The van der Waals surface area contributed by atoms with Crippen molar-refractivity contribution in [3.05, 3.63) is 77.9 Å². The molecule has 2 atom stereocenters. The molecular formula is C27H30O9. The van der Waals surface area contributed by atoms with Gasteiger partial charge in [-0.2, -0.15) is 0 Å². The van der Waals surface area contributed by atoms with Gasteiger partial charge in [0.25, 0.3) is 0 Å². The number of carboxylic acid groups (broad SMARTS) is 2. The van der Waals surface area contributed by atoms with E-state index in [-0.39, 0.29) is 44.0 Å². The molecule has 0 heterocycles. The highest BCUT2D eigenvalue weighted by Crippen LogP contribution is 2.31. The first kappa shape index (κ1) is 28.3. The van der Waals surface area contributed by atoms with Crippen molar-refractivity contribution in [2.75, 3.05) is 19.8 Å². The molecule has 0 aliphatic carbocycles. The smallest absolute Gasteiger partial charge is 0.349 e. The second-order valence-electron chi connectivity index (χ2n) is 8.09. The molecule has 0 spiro atoms. The Morgan fingerprint density at radius 1 is 0.917 bits per heavy atom. The number of ether oxygens (including phenoxy) is 3. The van der Waals surface area contributed by atoms with Crippen LogP contribution in [0, 0.1) is 5.92 Å². The lowest BCUT2D eigenvalue weighted by Crippen LogP contribution is -2.53. The average Bonchev–Trinajstić information content (AvgIpc) is 2.86. The van der Waals surface area contributed by atoms with E-state index in [4.69, 9.17) is 14.2 Å². The number of carbonyl (C=O) groups excluding carboxylic acids is 2. The van der Waals surface area contributed by atoms with Crippen LogP contribution in [0.5, 0.6) is 5.75 Å². The lowest BCUT2D eigenvalue weighted by molar-refractivity contribution is -0.191. The van der Waals surface area contributed by atoms with E-state index in [1.165, 1.54) is 13.8 Å². The fourth-order valence-corrected chi connectivity index (χ4v) is 3.56. The Kier molecular flexibility index (Phi) is 10.4. The maximum atomic E-state index is 12.5. The molecular weight excluding hydrogens is 468 g/mol. The van der Waals surface area contributed by atoms with Crippen LogP contribution in [0.15, 0.2) is 66.7 Å². The molecule has 0 saturated heterocycles. The topological polar surface area (TPSA) is 136 Å². The number of rotatable bonds is 15. The summed E-state index contributed by atoms with van der Waals surface area (Å²) < 4.78 is 16.2. The third-order valence-corrected chi connectivity index (χ3v) is 5.52. The summed E-state index contributed by atoms with van der Waals surface area (Å²) in [6.07, 6.45) is -0.445. The summed E-state index contributed by atoms with van der Waals surface area (Å²) in [6.45, 7) is 6.27. The molecule has 2 unspecified atom stereocenters. The predicted octanol–water partition coefficient (Wildman–Crippen LogP) is 3.76. The van der Waals surface area contributed by atoms with E-state index in [0.29, 0.717) is 16.9 Å². The van der Waals surface area contributed by atoms with Crippen molar-refractivity contribution in [1.82, 2.24) is 0 Å². The molecule has 0 bridgehead atoms. The molecule has 0 aliphatic heterocycles. The van der Waals surface area contributed by atoms with E-state index in [1.54, 1.807) is 48.5 Å². The largest absolute Gasteiger partial charge is 0.491 e. The average molecular weight is 499 g/mol. The van der Waals surface area contributed by atoms with Gasteiger partial charge in [0.15, 0.2) is 5.78 Å². The zero-order valence-corrected chi connectivity index (χ0v) is 20.3. The zero-order chi connectivity index (χ0) is 26.7. The highest BCUT2D eigenvalue weighted by molar-refractivity contribution is 6.09. The number of ketones is 1. The highest BCUT2D eigenvalue weighted by atomic mass is 16.6. The quantitative estimate of drug-likeness (QED) is 0.163. The summed E-state index contributed by atoms with van der Waals surface area (Å²) in [4.78, 5) is 48.3. The Hall–Kier alpha value is -3.98. The molecule has 0 aliphatic rings. The van der Waals surface area contributed by atoms with Crippen LogP contribution in [-0.4, -0.2) is 59.3 Å². The van der Waals surface area contributed by atoms with E-state index in [0.717, 1.165) is 0 Å². The van der Waals surface area contributed by atoms with Crippen molar-refractivity contribution in [1.29, 1.82) is 0 Å². The normalized spacial score (nSPS) is 13.2. The van der Waals surface area contributed by atoms with Crippen LogP contribution < -0.4 is 4.74 Å². The summed E-state index contributed by atoms with van der Waals surface area (Å²) in [5.41, 5.74) is -1.26. The van der Waals surface area contributed by atoms with Gasteiger partial charge in [0.05, 0.1) is 13.2 Å². The first-order valence-electron chi connectivity index (χ1n) is 11.4. The van der Waals surface area contributed by atoms with Crippen LogP contribution in [0.2, 0.25) is 0 Å². The fourth-order valence-electron chi connectivity index (χ4n) is 3.56. The van der Waals surface area contributed by atoms with E-state index in [2.05, 4.69) is 6.58 Å². The van der Waals surface area contributed by atoms with Crippen molar-refractivity contribution >= 4 is 23.7 Å². The number of hydrogen-bond donors (Lipinski definition) is 2. The first-order chi connectivity index (χ1) is 17.1. The standard InChI is InChI=1S/C27H30O9/c1-4-22(24(29)30)27(26(32)33,36-25(31)18(2)3)14-15-34-16-17-35-21-12-10-20(11-13-21)23(28)19-8-6-5-7-9-19/h5-13,22H,2,4,14-17H2,1,3H3,(H,29,30)(H,32,33). The maximum absolute atomic E-state index is 12.5. The Labute approximate surface area is 209 Å². The van der Waals surface area contributed by atoms with Gasteiger partial charge in [-0.05, 0) is 37.6 Å². The van der Waals surface area contributed by atoms with Gasteiger partial charge in [-0.3, -0.25) is 9.59 Å². The van der Waals surface area contributed by atoms with Gasteiger partial charge < -0.3 is 24.4 Å². The van der Waals surface area contributed by atoms with Crippen molar-refractivity contribution in [3.8, 4) is 5.75 Å². The highest BCUT2D eigenvalue weighted by Gasteiger charge is 2.52. The summed E-state index contributed by atoms with van der Waals surface area (Å²) in [6, 6.07) is 15.5. The summed E-state index contributed by atoms with van der Waals surface area (Å²) in [5.74, 6) is -5.03. The fraction of sp³-hybridized carbons (Fsp3) is 0.333. The van der Waals surface area contributed by atoms with Crippen LogP contribution in [0.25, 0.3) is 0 Å². The van der Waals surface area contributed by atoms with Crippen LogP contribution in [-0.2, 0) is 23.9 Å². The third-order valence-electron chi connectivity index (χ3n) is 5.52. The molecule has 9 heteroatoms. The van der Waals surface area contributed by atoms with Crippen molar-refractivity contribution in [2.24, 2.45) is 5.92 Å². The Morgan fingerprint density at radius 3 is 2.06 bits per heavy atom. The number of benzene rings is 2. The van der Waals surface area contributed by atoms with E-state index < -0.39 is 29.4 Å². The van der Waals surface area contributed by atoms with Gasteiger partial charge in [-0.1, -0.05) is 43.8 Å². The molecule has 0 radical (unpaired) electrons. The maximum Gasteiger partial charge on any atom is 0.349 e. The van der Waals surface area contributed by atoms with Gasteiger partial charge in [0.2, 0.25) is 5.60 Å². The molecule has 0 fully saturated rings. The Bertz CT molecular complexity index is 1080. The van der Waals surface area contributed by atoms with Gasteiger partial charge in [0, 0.05) is 23.1 Å². The van der Waals surface area contributed by atoms with Crippen LogP contribution >= 0.6 is 0 Å². The Balaban J connectivity index is 1.92. The van der Waals surface area contributed by atoms with E-state index in [9.17, 15) is 29.4 Å². The zero-order valence-electron chi connectivity index (χ0n) is 20.3. The SMILES string of the molecule is C=C(C)C(=O)OC(CCOCCOc1ccc(C(=O)c2ccccc2)cc1)(C(=O)O)C(CC)C(=O)O. The van der Waals surface area contributed by atoms with Crippen molar-refractivity contribution in [2.45, 2.75) is 32.3 Å². The first-order valence-corrected chi connectivity index (χ1v) is 11.4. The molecule has 2 N–H and O–H groups in total. The van der Waals surface area contributed by atoms with Crippen molar-refractivity contribution < 1.29 is 43.6 Å². The monoisotopic (exact) mass is 498 g/mol. The molecule has 0 amide bonds. The Morgan fingerprint density at radius 2 is 1.53 bits per heavy atom. The molecule has 2 aromatic carbocycles. The molecule has 0 aromatic heterocycles. The lowest BCUT2D eigenvalue weighted by atomic mass is 9.82. The molecule has 9 nitrogen and oxygen atoms in total. The predicted molar refractivity (Wildman–Crippen MR) is 130 cm³/mol. The van der Waals surface area contributed by atoms with Crippen molar-refractivity contribution in [3.63, 3.8) is 0 Å². The summed E-state index contributed by atoms with van der Waals surface area (Å²) >= 11 is 0. The van der Waals surface area contributed by atoms with E-state index >= 15 is 0 Å². The minimum absolute atomic E-state index is 0.0494. The second-order valence-corrected chi connectivity index (χ2v) is 8.09. The number of hydrogen-bond acceptors (Lipinski definition) is 7. The van der Waals surface area contributed by atoms with Crippen LogP contribution in [0.3, 0.4) is 0 Å². The molecule has 2 aromatic rings. The second kappa shape index (κ2) is 13.2. The van der Waals surface area contributed by atoms with Gasteiger partial charge in [0.1, 0.15) is 18.3 Å². The van der Waals surface area contributed by atoms with Gasteiger partial charge in [-0.15, -0.1) is 0 Å². The number of carbonyl (C=O) groups is 4. The molecule has 2 rings (SSSR count). The summed E-state index contributed by atoms with van der Waals surface area (Å²) in [7, 11) is 0. The number of carboxylic acids is 2. The van der Waals surface area contributed by atoms with Gasteiger partial charge >= 0.3 is 17.9 Å². The van der Waals surface area contributed by atoms with Gasteiger partial charge in [-0.25, -0.2) is 9.59 Å². The van der Waals surface area contributed by atoms with Crippen LogP contribution in [0.1, 0.15) is 42.6 Å². The number of esters is 1. The van der Waals surface area contributed by atoms with E-state index in [1.807, 2.05) is 6.07 Å². The van der Waals surface area contributed by atoms with Crippen LogP contribution in [0.4, 0.5) is 0 Å². The summed E-state index contributed by atoms with van der Waals surface area (Å²) in [5, 5.41) is 19.4. The minimum atomic E-state index is -2.31.